The van der Waals surface area contributed by atoms with E-state index in [4.69, 9.17) is 0 Å². The first-order valence-electron chi connectivity index (χ1n) is 9.74. The first kappa shape index (κ1) is 18.4. The van der Waals surface area contributed by atoms with Crippen LogP contribution in [0.25, 0.3) is 0 Å². The van der Waals surface area contributed by atoms with Gasteiger partial charge >= 0.3 is 0 Å². The molecule has 2 aromatic rings. The first-order chi connectivity index (χ1) is 12.6. The van der Waals surface area contributed by atoms with Crippen LogP contribution in [0.2, 0.25) is 0 Å². The van der Waals surface area contributed by atoms with Crippen LogP contribution in [0.3, 0.4) is 0 Å². The fourth-order valence-electron chi connectivity index (χ4n) is 3.74. The van der Waals surface area contributed by atoms with Crippen LogP contribution >= 0.6 is 0 Å². The van der Waals surface area contributed by atoms with Gasteiger partial charge in [-0.05, 0) is 48.8 Å². The first-order valence-corrected chi connectivity index (χ1v) is 9.74. The van der Waals surface area contributed by atoms with E-state index in [9.17, 15) is 4.79 Å². The molecule has 0 aliphatic carbocycles. The summed E-state index contributed by atoms with van der Waals surface area (Å²) in [4.78, 5) is 19.6. The lowest BCUT2D eigenvalue weighted by atomic mass is 10.00. The lowest BCUT2D eigenvalue weighted by Crippen LogP contribution is -2.34. The molecule has 1 saturated heterocycles. The van der Waals surface area contributed by atoms with Crippen LogP contribution in [-0.2, 0) is 12.8 Å². The van der Waals surface area contributed by atoms with Crippen molar-refractivity contribution in [3.63, 3.8) is 0 Å². The number of rotatable bonds is 5. The molecule has 2 heterocycles. The van der Waals surface area contributed by atoms with Gasteiger partial charge in [0.1, 0.15) is 0 Å². The summed E-state index contributed by atoms with van der Waals surface area (Å²) in [7, 11) is 0. The Morgan fingerprint density at radius 2 is 1.96 bits per heavy atom. The zero-order valence-electron chi connectivity index (χ0n) is 16.1. The van der Waals surface area contributed by atoms with Gasteiger partial charge in [0.15, 0.2) is 0 Å². The molecule has 0 radical (unpaired) electrons. The number of nitrogens with zero attached hydrogens (tertiary/aromatic N) is 2. The summed E-state index contributed by atoms with van der Waals surface area (Å²) in [6, 6.07) is 8.20. The van der Waals surface area contributed by atoms with Gasteiger partial charge in [-0.15, -0.1) is 0 Å². The highest BCUT2D eigenvalue weighted by molar-refractivity contribution is 6.05. The highest BCUT2D eigenvalue weighted by Gasteiger charge is 2.18. The quantitative estimate of drug-likeness (QED) is 0.849. The van der Waals surface area contributed by atoms with Crippen molar-refractivity contribution in [1.29, 1.82) is 0 Å². The van der Waals surface area contributed by atoms with Crippen molar-refractivity contribution in [2.75, 3.05) is 23.3 Å². The number of pyridine rings is 1. The summed E-state index contributed by atoms with van der Waals surface area (Å²) >= 11 is 0. The van der Waals surface area contributed by atoms with Gasteiger partial charge in [-0.1, -0.05) is 39.0 Å². The van der Waals surface area contributed by atoms with E-state index in [0.29, 0.717) is 11.5 Å². The van der Waals surface area contributed by atoms with Crippen LogP contribution in [0.5, 0.6) is 0 Å². The van der Waals surface area contributed by atoms with E-state index in [-0.39, 0.29) is 5.91 Å². The van der Waals surface area contributed by atoms with E-state index < -0.39 is 0 Å². The second-order valence-corrected chi connectivity index (χ2v) is 7.24. The summed E-state index contributed by atoms with van der Waals surface area (Å²) in [5, 5.41) is 3.14. The maximum absolute atomic E-state index is 12.9. The lowest BCUT2D eigenvalue weighted by molar-refractivity contribution is 0.102. The molecule has 1 N–H and O–H groups in total. The predicted octanol–water partition coefficient (Wildman–Crippen LogP) is 4.70. The van der Waals surface area contributed by atoms with Crippen LogP contribution in [0.4, 0.5) is 11.4 Å². The minimum Gasteiger partial charge on any atom is -0.370 e. The Morgan fingerprint density at radius 1 is 1.23 bits per heavy atom. The van der Waals surface area contributed by atoms with Crippen LogP contribution in [-0.4, -0.2) is 24.0 Å². The van der Waals surface area contributed by atoms with Gasteiger partial charge < -0.3 is 10.2 Å². The zero-order chi connectivity index (χ0) is 18.5. The number of nitrogens with one attached hydrogen (secondary N) is 1. The molecule has 1 atom stereocenters. The van der Waals surface area contributed by atoms with Crippen LogP contribution < -0.4 is 10.2 Å². The normalized spacial score (nSPS) is 17.2. The van der Waals surface area contributed by atoms with E-state index in [1.54, 1.807) is 6.20 Å². The number of piperidine rings is 1. The number of para-hydroxylation sites is 1. The molecule has 4 heteroatoms. The van der Waals surface area contributed by atoms with Crippen LogP contribution in [0.1, 0.15) is 55.1 Å². The second-order valence-electron chi connectivity index (χ2n) is 7.24. The van der Waals surface area contributed by atoms with Crippen molar-refractivity contribution in [3.05, 3.63) is 53.3 Å². The number of carbonyl (C=O) groups excluding carboxylic acids is 1. The minimum atomic E-state index is -0.0833. The van der Waals surface area contributed by atoms with Gasteiger partial charge in [-0.25, -0.2) is 0 Å². The summed E-state index contributed by atoms with van der Waals surface area (Å²) in [5.74, 6) is 0.602. The molecule has 1 fully saturated rings. The average Bonchev–Trinajstić information content (AvgIpc) is 2.68. The Balaban J connectivity index is 1.82. The molecule has 1 aliphatic rings. The van der Waals surface area contributed by atoms with Crippen molar-refractivity contribution >= 4 is 17.3 Å². The predicted molar refractivity (Wildman–Crippen MR) is 108 cm³/mol. The topological polar surface area (TPSA) is 45.2 Å². The largest absolute Gasteiger partial charge is 0.370 e. The van der Waals surface area contributed by atoms with Gasteiger partial charge in [0.25, 0.3) is 5.91 Å². The van der Waals surface area contributed by atoms with Crippen molar-refractivity contribution in [3.8, 4) is 0 Å². The van der Waals surface area contributed by atoms with Gasteiger partial charge in [0.05, 0.1) is 17.4 Å². The van der Waals surface area contributed by atoms with Crippen LogP contribution in [0.15, 0.2) is 36.7 Å². The Morgan fingerprint density at radius 3 is 2.62 bits per heavy atom. The molecule has 26 heavy (non-hydrogen) atoms. The molecule has 4 nitrogen and oxygen atoms in total. The molecule has 0 spiro atoms. The minimum absolute atomic E-state index is 0.0833. The lowest BCUT2D eigenvalue weighted by Gasteiger charge is -2.32. The maximum Gasteiger partial charge on any atom is 0.257 e. The summed E-state index contributed by atoms with van der Waals surface area (Å²) in [6.07, 6.45) is 7.79. The summed E-state index contributed by atoms with van der Waals surface area (Å²) in [5.41, 5.74) is 4.97. The molecule has 1 aliphatic heterocycles. The fraction of sp³-hybridized carbons (Fsp3) is 0.455. The van der Waals surface area contributed by atoms with E-state index >= 15 is 0 Å². The Hall–Kier alpha value is -2.36. The van der Waals surface area contributed by atoms with E-state index in [1.165, 1.54) is 24.0 Å². The Kier molecular flexibility index (Phi) is 5.92. The molecular weight excluding hydrogens is 322 g/mol. The molecule has 0 bridgehead atoms. The number of aryl methyl sites for hydroxylation is 2. The molecular formula is C22H29N3O. The third kappa shape index (κ3) is 4.06. The Bertz CT molecular complexity index is 749. The smallest absolute Gasteiger partial charge is 0.257 e. The number of hydrogen-bond acceptors (Lipinski definition) is 3. The van der Waals surface area contributed by atoms with Crippen molar-refractivity contribution in [2.24, 2.45) is 5.92 Å². The standard InChI is InChI=1S/C22H29N3O/c1-4-17-9-6-10-18(5-2)21(17)24-22(26)19-12-20(14-23-13-19)25-11-7-8-16(3)15-25/h6,9-10,12-14,16H,4-5,7-8,11,15H2,1-3H3,(H,24,26). The molecule has 1 aromatic carbocycles. The Labute approximate surface area is 156 Å². The van der Waals surface area contributed by atoms with Crippen molar-refractivity contribution < 1.29 is 4.79 Å². The maximum atomic E-state index is 12.9. The third-order valence-electron chi connectivity index (χ3n) is 5.25. The van der Waals surface area contributed by atoms with Gasteiger partial charge in [0, 0.05) is 25.0 Å². The van der Waals surface area contributed by atoms with Crippen LogP contribution in [0, 0.1) is 5.92 Å². The highest BCUT2D eigenvalue weighted by atomic mass is 16.1. The van der Waals surface area contributed by atoms with E-state index in [1.807, 2.05) is 12.3 Å². The van der Waals surface area contributed by atoms with Crippen molar-refractivity contribution in [2.45, 2.75) is 46.5 Å². The van der Waals surface area contributed by atoms with Gasteiger partial charge in [-0.2, -0.15) is 0 Å². The van der Waals surface area contributed by atoms with Gasteiger partial charge in [0.2, 0.25) is 0 Å². The third-order valence-corrected chi connectivity index (χ3v) is 5.25. The number of anilines is 2. The number of carbonyl (C=O) groups is 1. The number of hydrogen-bond donors (Lipinski definition) is 1. The fourth-order valence-corrected chi connectivity index (χ4v) is 3.74. The number of amides is 1. The molecule has 3 rings (SSSR count). The highest BCUT2D eigenvalue weighted by Crippen LogP contribution is 2.25. The van der Waals surface area contributed by atoms with Gasteiger partial charge in [-0.3, -0.25) is 9.78 Å². The monoisotopic (exact) mass is 351 g/mol. The van der Waals surface area contributed by atoms with E-state index in [2.05, 4.69) is 54.2 Å². The van der Waals surface area contributed by atoms with Crippen molar-refractivity contribution in [1.82, 2.24) is 4.98 Å². The molecule has 1 unspecified atom stereocenters. The molecule has 138 valence electrons. The summed E-state index contributed by atoms with van der Waals surface area (Å²) in [6.45, 7) is 8.58. The zero-order valence-corrected chi connectivity index (χ0v) is 16.1. The number of benzene rings is 1. The summed E-state index contributed by atoms with van der Waals surface area (Å²) < 4.78 is 0. The second kappa shape index (κ2) is 8.35. The number of aromatic nitrogens is 1. The molecule has 1 aromatic heterocycles. The molecule has 0 saturated carbocycles. The molecule has 1 amide bonds. The average molecular weight is 351 g/mol. The SMILES string of the molecule is CCc1cccc(CC)c1NC(=O)c1cncc(N2CCCC(C)C2)c1. The van der Waals surface area contributed by atoms with E-state index in [0.717, 1.165) is 37.3 Å².